The van der Waals surface area contributed by atoms with Crippen molar-refractivity contribution in [2.24, 2.45) is 5.92 Å². The van der Waals surface area contributed by atoms with Crippen LogP contribution >= 0.6 is 15.9 Å². The summed E-state index contributed by atoms with van der Waals surface area (Å²) in [6.07, 6.45) is 2.21. The van der Waals surface area contributed by atoms with Crippen molar-refractivity contribution in [3.05, 3.63) is 22.3 Å². The third-order valence-electron chi connectivity index (χ3n) is 3.06. The normalized spacial score (nSPS) is 12.3. The fourth-order valence-electron chi connectivity index (χ4n) is 1.91. The van der Waals surface area contributed by atoms with Crippen LogP contribution in [-0.2, 0) is 0 Å². The number of carbonyl (C=O) groups excluding carboxylic acids is 1. The van der Waals surface area contributed by atoms with Gasteiger partial charge in [0.05, 0.1) is 5.56 Å². The standard InChI is InChI=1S/C14H22BrN3O2/c1-9(2)12(5-6-19)17-14(20)11-7-10(15)8-16-13(11)18(3)4/h7-9,12,19H,5-6H2,1-4H3,(H,17,20). The lowest BCUT2D eigenvalue weighted by molar-refractivity contribution is 0.0917. The number of nitrogens with zero attached hydrogens (tertiary/aromatic N) is 2. The fraction of sp³-hybridized carbons (Fsp3) is 0.571. The topological polar surface area (TPSA) is 65.5 Å². The fourth-order valence-corrected chi connectivity index (χ4v) is 2.24. The molecule has 0 bridgehead atoms. The number of halogens is 1. The summed E-state index contributed by atoms with van der Waals surface area (Å²) >= 11 is 3.34. The second kappa shape index (κ2) is 7.59. The number of aromatic nitrogens is 1. The highest BCUT2D eigenvalue weighted by atomic mass is 79.9. The van der Waals surface area contributed by atoms with E-state index in [1.807, 2.05) is 27.9 Å². The van der Waals surface area contributed by atoms with E-state index in [2.05, 4.69) is 26.2 Å². The van der Waals surface area contributed by atoms with Crippen LogP contribution in [0, 0.1) is 5.92 Å². The SMILES string of the molecule is CC(C)C(CCO)NC(=O)c1cc(Br)cnc1N(C)C. The summed E-state index contributed by atoms with van der Waals surface area (Å²) in [6, 6.07) is 1.70. The summed E-state index contributed by atoms with van der Waals surface area (Å²) in [4.78, 5) is 18.5. The number of hydrogen-bond acceptors (Lipinski definition) is 4. The number of nitrogens with one attached hydrogen (secondary N) is 1. The maximum atomic E-state index is 12.4. The van der Waals surface area contributed by atoms with Gasteiger partial charge in [-0.3, -0.25) is 4.79 Å². The molecular weight excluding hydrogens is 322 g/mol. The van der Waals surface area contributed by atoms with Gasteiger partial charge < -0.3 is 15.3 Å². The Morgan fingerprint density at radius 3 is 2.65 bits per heavy atom. The number of hydrogen-bond donors (Lipinski definition) is 2. The molecule has 1 rings (SSSR count). The number of anilines is 1. The van der Waals surface area contributed by atoms with E-state index in [9.17, 15) is 4.79 Å². The largest absolute Gasteiger partial charge is 0.396 e. The highest BCUT2D eigenvalue weighted by molar-refractivity contribution is 9.10. The summed E-state index contributed by atoms with van der Waals surface area (Å²) in [6.45, 7) is 4.10. The third-order valence-corrected chi connectivity index (χ3v) is 3.50. The molecule has 0 aliphatic carbocycles. The van der Waals surface area contributed by atoms with E-state index in [1.54, 1.807) is 17.2 Å². The summed E-state index contributed by atoms with van der Waals surface area (Å²) in [5.74, 6) is 0.709. The molecule has 20 heavy (non-hydrogen) atoms. The Hall–Kier alpha value is -1.14. The van der Waals surface area contributed by atoms with Crippen molar-refractivity contribution in [1.82, 2.24) is 10.3 Å². The molecule has 1 amide bonds. The molecule has 1 atom stereocenters. The Bertz CT molecular complexity index is 464. The van der Waals surface area contributed by atoms with Crippen molar-refractivity contribution in [2.75, 3.05) is 25.6 Å². The third kappa shape index (κ3) is 4.45. The van der Waals surface area contributed by atoms with Gasteiger partial charge in [-0.15, -0.1) is 0 Å². The van der Waals surface area contributed by atoms with Crippen molar-refractivity contribution in [3.8, 4) is 0 Å². The Morgan fingerprint density at radius 2 is 2.15 bits per heavy atom. The minimum absolute atomic E-state index is 0.0542. The molecule has 1 heterocycles. The average Bonchev–Trinajstić information content (AvgIpc) is 2.37. The average molecular weight is 344 g/mol. The van der Waals surface area contributed by atoms with Gasteiger partial charge in [0.1, 0.15) is 5.82 Å². The van der Waals surface area contributed by atoms with Crippen LogP contribution in [0.25, 0.3) is 0 Å². The second-order valence-corrected chi connectivity index (χ2v) is 6.17. The zero-order valence-corrected chi connectivity index (χ0v) is 13.9. The van der Waals surface area contributed by atoms with Crippen molar-refractivity contribution in [1.29, 1.82) is 0 Å². The maximum absolute atomic E-state index is 12.4. The van der Waals surface area contributed by atoms with E-state index < -0.39 is 0 Å². The zero-order chi connectivity index (χ0) is 15.3. The van der Waals surface area contributed by atoms with Gasteiger partial charge in [-0.1, -0.05) is 13.8 Å². The molecule has 0 aliphatic rings. The summed E-state index contributed by atoms with van der Waals surface area (Å²) in [5.41, 5.74) is 0.521. The van der Waals surface area contributed by atoms with Gasteiger partial charge >= 0.3 is 0 Å². The lowest BCUT2D eigenvalue weighted by Crippen LogP contribution is -2.39. The first-order chi connectivity index (χ1) is 9.36. The predicted octanol–water partition coefficient (Wildman–Crippen LogP) is 2.05. The quantitative estimate of drug-likeness (QED) is 0.829. The van der Waals surface area contributed by atoms with E-state index in [4.69, 9.17) is 5.11 Å². The van der Waals surface area contributed by atoms with Crippen LogP contribution in [-0.4, -0.2) is 42.7 Å². The van der Waals surface area contributed by atoms with Crippen molar-refractivity contribution in [3.63, 3.8) is 0 Å². The molecule has 0 fully saturated rings. The van der Waals surface area contributed by atoms with Crippen LogP contribution in [0.1, 0.15) is 30.6 Å². The molecule has 0 spiro atoms. The first kappa shape index (κ1) is 16.9. The highest BCUT2D eigenvalue weighted by Crippen LogP contribution is 2.20. The number of pyridine rings is 1. The smallest absolute Gasteiger partial charge is 0.255 e. The van der Waals surface area contributed by atoms with Gasteiger partial charge in [0, 0.05) is 37.4 Å². The van der Waals surface area contributed by atoms with Crippen LogP contribution in [0.3, 0.4) is 0 Å². The Labute approximate surface area is 128 Å². The van der Waals surface area contributed by atoms with Crippen molar-refractivity contribution < 1.29 is 9.90 Å². The summed E-state index contributed by atoms with van der Waals surface area (Å²) in [7, 11) is 3.70. The van der Waals surface area contributed by atoms with Crippen LogP contribution in [0.2, 0.25) is 0 Å². The van der Waals surface area contributed by atoms with Gasteiger partial charge in [-0.05, 0) is 34.3 Å². The van der Waals surface area contributed by atoms with E-state index >= 15 is 0 Å². The molecule has 1 aromatic rings. The van der Waals surface area contributed by atoms with Crippen LogP contribution in [0.5, 0.6) is 0 Å². The van der Waals surface area contributed by atoms with Crippen LogP contribution in [0.4, 0.5) is 5.82 Å². The number of aliphatic hydroxyl groups is 1. The summed E-state index contributed by atoms with van der Waals surface area (Å²) in [5, 5.41) is 12.0. The monoisotopic (exact) mass is 343 g/mol. The van der Waals surface area contributed by atoms with Gasteiger partial charge in [0.2, 0.25) is 0 Å². The van der Waals surface area contributed by atoms with Gasteiger partial charge in [-0.25, -0.2) is 4.98 Å². The number of aliphatic hydroxyl groups excluding tert-OH is 1. The Balaban J connectivity index is 2.99. The molecule has 0 saturated heterocycles. The molecule has 0 aromatic carbocycles. The lowest BCUT2D eigenvalue weighted by Gasteiger charge is -2.23. The van der Waals surface area contributed by atoms with Gasteiger partial charge in [0.15, 0.2) is 0 Å². The van der Waals surface area contributed by atoms with Crippen molar-refractivity contribution >= 4 is 27.7 Å². The van der Waals surface area contributed by atoms with Gasteiger partial charge in [0.25, 0.3) is 5.91 Å². The van der Waals surface area contributed by atoms with Crippen molar-refractivity contribution in [2.45, 2.75) is 26.3 Å². The molecule has 2 N–H and O–H groups in total. The van der Waals surface area contributed by atoms with E-state index in [-0.39, 0.29) is 24.5 Å². The van der Waals surface area contributed by atoms with E-state index in [0.717, 1.165) is 4.47 Å². The predicted molar refractivity (Wildman–Crippen MR) is 84.1 cm³/mol. The highest BCUT2D eigenvalue weighted by Gasteiger charge is 2.20. The Kier molecular flexibility index (Phi) is 6.42. The van der Waals surface area contributed by atoms with E-state index in [0.29, 0.717) is 17.8 Å². The first-order valence-corrected chi connectivity index (χ1v) is 7.40. The molecule has 1 unspecified atom stereocenters. The molecular formula is C14H22BrN3O2. The van der Waals surface area contributed by atoms with Crippen LogP contribution < -0.4 is 10.2 Å². The second-order valence-electron chi connectivity index (χ2n) is 5.26. The number of carbonyl (C=O) groups is 1. The molecule has 0 radical (unpaired) electrons. The minimum Gasteiger partial charge on any atom is -0.396 e. The molecule has 5 nitrogen and oxygen atoms in total. The zero-order valence-electron chi connectivity index (χ0n) is 12.4. The number of amides is 1. The Morgan fingerprint density at radius 1 is 1.50 bits per heavy atom. The molecule has 112 valence electrons. The molecule has 0 aliphatic heterocycles. The summed E-state index contributed by atoms with van der Waals surface area (Å²) < 4.78 is 0.761. The van der Waals surface area contributed by atoms with Gasteiger partial charge in [-0.2, -0.15) is 0 Å². The van der Waals surface area contributed by atoms with Crippen LogP contribution in [0.15, 0.2) is 16.7 Å². The lowest BCUT2D eigenvalue weighted by atomic mass is 10.0. The molecule has 6 heteroatoms. The minimum atomic E-state index is -0.172. The maximum Gasteiger partial charge on any atom is 0.255 e. The first-order valence-electron chi connectivity index (χ1n) is 6.61. The number of rotatable bonds is 6. The molecule has 0 saturated carbocycles. The molecule has 1 aromatic heterocycles. The van der Waals surface area contributed by atoms with E-state index in [1.165, 1.54) is 0 Å².